The molecule has 0 unspecified atom stereocenters. The largest absolute Gasteiger partial charge is 0.497 e. The molecule has 1 aliphatic carbocycles. The predicted octanol–water partition coefficient (Wildman–Crippen LogP) is 1.46. The van der Waals surface area contributed by atoms with Crippen LogP contribution in [0.4, 0.5) is 0 Å². The molecule has 1 aromatic rings. The summed E-state index contributed by atoms with van der Waals surface area (Å²) in [5.74, 6) is 0.0426. The lowest BCUT2D eigenvalue weighted by molar-refractivity contribution is -0.188. The van der Waals surface area contributed by atoms with Crippen molar-refractivity contribution >= 4 is 11.8 Å². The van der Waals surface area contributed by atoms with Crippen LogP contribution in [-0.2, 0) is 25.6 Å². The summed E-state index contributed by atoms with van der Waals surface area (Å²) in [5, 5.41) is 2.93. The normalized spacial score (nSPS) is 22.5. The third-order valence-corrected chi connectivity index (χ3v) is 5.83. The summed E-state index contributed by atoms with van der Waals surface area (Å²) in [4.78, 5) is 27.5. The number of carbonyl (C=O) groups excluding carboxylic acids is 2. The number of methoxy groups -OCH3 is 1. The summed E-state index contributed by atoms with van der Waals surface area (Å²) in [6.45, 7) is 2.79. The molecule has 0 atom stereocenters. The van der Waals surface area contributed by atoms with E-state index in [0.29, 0.717) is 58.5 Å². The Bertz CT molecular complexity index is 698. The van der Waals surface area contributed by atoms with Gasteiger partial charge in [0.15, 0.2) is 5.79 Å². The lowest BCUT2D eigenvalue weighted by atomic mass is 9.98. The number of benzene rings is 1. The van der Waals surface area contributed by atoms with E-state index in [1.165, 1.54) is 0 Å². The molecule has 7 nitrogen and oxygen atoms in total. The summed E-state index contributed by atoms with van der Waals surface area (Å²) in [7, 11) is 1.62. The van der Waals surface area contributed by atoms with Gasteiger partial charge in [-0.1, -0.05) is 12.1 Å². The number of hydrogen-bond donors (Lipinski definition) is 1. The molecule has 0 aromatic heterocycles. The van der Waals surface area contributed by atoms with Crippen molar-refractivity contribution in [3.05, 3.63) is 29.8 Å². The van der Waals surface area contributed by atoms with Gasteiger partial charge >= 0.3 is 0 Å². The van der Waals surface area contributed by atoms with E-state index < -0.39 is 11.2 Å². The van der Waals surface area contributed by atoms with Gasteiger partial charge in [0.25, 0.3) is 0 Å². The molecule has 2 aliphatic heterocycles. The average Bonchev–Trinajstić information content (AvgIpc) is 3.41. The van der Waals surface area contributed by atoms with Crippen LogP contribution in [0.5, 0.6) is 5.75 Å². The summed E-state index contributed by atoms with van der Waals surface area (Å²) >= 11 is 0. The molecule has 3 fully saturated rings. The van der Waals surface area contributed by atoms with Gasteiger partial charge in [-0.25, -0.2) is 0 Å². The van der Waals surface area contributed by atoms with Crippen LogP contribution in [0.1, 0.15) is 31.2 Å². The molecule has 27 heavy (non-hydrogen) atoms. The molecule has 2 amide bonds. The molecule has 4 rings (SSSR count). The first-order valence-electron chi connectivity index (χ1n) is 9.55. The Labute approximate surface area is 158 Å². The van der Waals surface area contributed by atoms with E-state index in [2.05, 4.69) is 5.32 Å². The van der Waals surface area contributed by atoms with Gasteiger partial charge in [-0.2, -0.15) is 0 Å². The van der Waals surface area contributed by atoms with Crippen molar-refractivity contribution in [2.75, 3.05) is 33.4 Å². The lowest BCUT2D eigenvalue weighted by Crippen LogP contribution is -2.51. The van der Waals surface area contributed by atoms with E-state index in [4.69, 9.17) is 14.2 Å². The first kappa shape index (κ1) is 18.3. The molecule has 1 aromatic carbocycles. The van der Waals surface area contributed by atoms with E-state index in [1.54, 1.807) is 12.0 Å². The van der Waals surface area contributed by atoms with E-state index in [1.807, 2.05) is 24.3 Å². The third kappa shape index (κ3) is 3.53. The number of rotatable bonds is 5. The maximum Gasteiger partial charge on any atom is 0.238 e. The van der Waals surface area contributed by atoms with Crippen LogP contribution in [0, 0.1) is 5.41 Å². The van der Waals surface area contributed by atoms with Gasteiger partial charge in [-0.15, -0.1) is 0 Å². The lowest BCUT2D eigenvalue weighted by Gasteiger charge is -2.38. The number of ether oxygens (including phenoxy) is 3. The zero-order valence-corrected chi connectivity index (χ0v) is 15.7. The Balaban J connectivity index is 1.32. The van der Waals surface area contributed by atoms with E-state index in [9.17, 15) is 9.59 Å². The number of amides is 2. The smallest absolute Gasteiger partial charge is 0.238 e. The van der Waals surface area contributed by atoms with Crippen molar-refractivity contribution in [2.45, 2.75) is 38.0 Å². The number of nitrogens with one attached hydrogen (secondary N) is 1. The highest BCUT2D eigenvalue weighted by Gasteiger charge is 2.58. The van der Waals surface area contributed by atoms with Crippen LogP contribution >= 0.6 is 0 Å². The third-order valence-electron chi connectivity index (χ3n) is 5.83. The first-order valence-corrected chi connectivity index (χ1v) is 9.55. The van der Waals surface area contributed by atoms with Crippen molar-refractivity contribution < 1.29 is 23.8 Å². The Kier molecular flexibility index (Phi) is 4.82. The van der Waals surface area contributed by atoms with Gasteiger partial charge in [0.05, 0.1) is 20.3 Å². The van der Waals surface area contributed by atoms with Crippen LogP contribution in [0.25, 0.3) is 0 Å². The van der Waals surface area contributed by atoms with Crippen molar-refractivity contribution in [1.82, 2.24) is 10.2 Å². The molecule has 146 valence electrons. The van der Waals surface area contributed by atoms with E-state index >= 15 is 0 Å². The maximum absolute atomic E-state index is 13.0. The predicted molar refractivity (Wildman–Crippen MR) is 97.0 cm³/mol. The summed E-state index contributed by atoms with van der Waals surface area (Å²) in [6.07, 6.45) is 2.58. The minimum absolute atomic E-state index is 0.0532. The molecular weight excluding hydrogens is 348 g/mol. The van der Waals surface area contributed by atoms with Gasteiger partial charge in [-0.3, -0.25) is 9.59 Å². The molecule has 0 radical (unpaired) electrons. The topological polar surface area (TPSA) is 77.1 Å². The quantitative estimate of drug-likeness (QED) is 0.790. The Hall–Kier alpha value is -2.12. The van der Waals surface area contributed by atoms with E-state index in [-0.39, 0.29) is 11.8 Å². The minimum atomic E-state index is -0.881. The Morgan fingerprint density at radius 2 is 1.70 bits per heavy atom. The number of piperidine rings is 1. The minimum Gasteiger partial charge on any atom is -0.497 e. The molecular formula is C20H26N2O5. The molecule has 0 bridgehead atoms. The Morgan fingerprint density at radius 1 is 1.07 bits per heavy atom. The monoisotopic (exact) mass is 374 g/mol. The molecule has 2 saturated heterocycles. The number of nitrogens with zero attached hydrogens (tertiary/aromatic N) is 1. The van der Waals surface area contributed by atoms with Crippen molar-refractivity contribution in [3.63, 3.8) is 0 Å². The fourth-order valence-corrected chi connectivity index (χ4v) is 3.90. The second-order valence-corrected chi connectivity index (χ2v) is 7.51. The van der Waals surface area contributed by atoms with Crippen LogP contribution in [-0.4, -0.2) is 55.9 Å². The molecule has 3 aliphatic rings. The summed E-state index contributed by atoms with van der Waals surface area (Å²) < 4.78 is 16.6. The van der Waals surface area contributed by atoms with Gasteiger partial charge in [0.1, 0.15) is 11.2 Å². The SMILES string of the molecule is COc1ccc(CNC(=O)C2(C(=O)N3CCC4(CC3)OCCO4)CC2)cc1. The highest BCUT2D eigenvalue weighted by molar-refractivity contribution is 6.07. The molecule has 2 heterocycles. The average molecular weight is 374 g/mol. The zero-order valence-electron chi connectivity index (χ0n) is 15.7. The second kappa shape index (κ2) is 7.13. The van der Waals surface area contributed by atoms with Gasteiger partial charge in [0, 0.05) is 32.5 Å². The molecule has 1 spiro atoms. The highest BCUT2D eigenvalue weighted by Crippen LogP contribution is 2.48. The van der Waals surface area contributed by atoms with E-state index in [0.717, 1.165) is 11.3 Å². The maximum atomic E-state index is 13.0. The van der Waals surface area contributed by atoms with Crippen molar-refractivity contribution in [1.29, 1.82) is 0 Å². The number of likely N-dealkylation sites (tertiary alicyclic amines) is 1. The van der Waals surface area contributed by atoms with Crippen LogP contribution in [0.15, 0.2) is 24.3 Å². The van der Waals surface area contributed by atoms with Crippen molar-refractivity contribution in [2.24, 2.45) is 5.41 Å². The van der Waals surface area contributed by atoms with Gasteiger partial charge in [0.2, 0.25) is 11.8 Å². The van der Waals surface area contributed by atoms with Gasteiger partial charge in [-0.05, 0) is 30.5 Å². The molecule has 1 saturated carbocycles. The number of hydrogen-bond acceptors (Lipinski definition) is 5. The fourth-order valence-electron chi connectivity index (χ4n) is 3.90. The number of carbonyl (C=O) groups is 2. The summed E-state index contributed by atoms with van der Waals surface area (Å²) in [5.41, 5.74) is 0.0943. The van der Waals surface area contributed by atoms with Crippen molar-refractivity contribution in [3.8, 4) is 5.75 Å². The zero-order chi connectivity index (χ0) is 18.9. The molecule has 1 N–H and O–H groups in total. The van der Waals surface area contributed by atoms with Crippen LogP contribution < -0.4 is 10.1 Å². The highest BCUT2D eigenvalue weighted by atomic mass is 16.7. The molecule has 7 heteroatoms. The van der Waals surface area contributed by atoms with Crippen LogP contribution in [0.3, 0.4) is 0 Å². The fraction of sp³-hybridized carbons (Fsp3) is 0.600. The van der Waals surface area contributed by atoms with Crippen LogP contribution in [0.2, 0.25) is 0 Å². The second-order valence-electron chi connectivity index (χ2n) is 7.51. The Morgan fingerprint density at radius 3 is 2.26 bits per heavy atom. The first-order chi connectivity index (χ1) is 13.1. The van der Waals surface area contributed by atoms with Gasteiger partial charge < -0.3 is 24.4 Å². The summed E-state index contributed by atoms with van der Waals surface area (Å²) in [6, 6.07) is 7.53. The standard InChI is InChI=1S/C20H26N2O5/c1-25-16-4-2-15(3-5-16)14-21-17(23)19(6-7-19)18(24)22-10-8-20(9-11-22)26-12-13-27-20/h2-5H,6-14H2,1H3,(H,21,23).